The summed E-state index contributed by atoms with van der Waals surface area (Å²) in [7, 11) is 0. The highest BCUT2D eigenvalue weighted by Crippen LogP contribution is 2.20. The van der Waals surface area contributed by atoms with Crippen molar-refractivity contribution < 1.29 is 4.79 Å². The van der Waals surface area contributed by atoms with Crippen molar-refractivity contribution in [2.45, 2.75) is 39.8 Å². The van der Waals surface area contributed by atoms with Gasteiger partial charge >= 0.3 is 0 Å². The number of hydrogen-bond donors (Lipinski definition) is 1. The summed E-state index contributed by atoms with van der Waals surface area (Å²) >= 11 is 1.83. The summed E-state index contributed by atoms with van der Waals surface area (Å²) in [5.74, 6) is 0.649. The van der Waals surface area contributed by atoms with Crippen molar-refractivity contribution in [3.63, 3.8) is 0 Å². The minimum Gasteiger partial charge on any atom is -0.354 e. The second-order valence-electron chi connectivity index (χ2n) is 6.69. The maximum atomic E-state index is 12.1. The lowest BCUT2D eigenvalue weighted by Crippen LogP contribution is -2.39. The predicted molar refractivity (Wildman–Crippen MR) is 97.0 cm³/mol. The molecule has 3 rings (SSSR count). The van der Waals surface area contributed by atoms with E-state index in [1.807, 2.05) is 31.3 Å². The van der Waals surface area contributed by atoms with E-state index in [0.29, 0.717) is 12.5 Å². The summed E-state index contributed by atoms with van der Waals surface area (Å²) < 4.78 is 1.77. The first-order valence-corrected chi connectivity index (χ1v) is 9.50. The number of aryl methyl sites for hydroxylation is 2. The first-order chi connectivity index (χ1) is 11.6. The lowest BCUT2D eigenvalue weighted by Gasteiger charge is -2.31. The largest absolute Gasteiger partial charge is 0.354 e. The van der Waals surface area contributed by atoms with Gasteiger partial charge in [0.25, 0.3) is 0 Å². The molecule has 0 aliphatic carbocycles. The van der Waals surface area contributed by atoms with Gasteiger partial charge in [0.15, 0.2) is 0 Å². The smallest absolute Gasteiger partial charge is 0.241 e. The summed E-state index contributed by atoms with van der Waals surface area (Å²) in [5, 5.41) is 9.56. The molecular formula is C18H26N4OS. The molecule has 0 saturated carbocycles. The number of nitrogens with one attached hydrogen (secondary N) is 1. The summed E-state index contributed by atoms with van der Waals surface area (Å²) in [6.07, 6.45) is 2.32. The molecule has 2 aromatic rings. The number of hydrogen-bond acceptors (Lipinski definition) is 4. The number of thiophene rings is 1. The number of carbonyl (C=O) groups is 1. The maximum absolute atomic E-state index is 12.1. The van der Waals surface area contributed by atoms with Crippen molar-refractivity contribution in [1.29, 1.82) is 0 Å². The van der Waals surface area contributed by atoms with E-state index in [9.17, 15) is 4.79 Å². The summed E-state index contributed by atoms with van der Waals surface area (Å²) in [6.45, 7) is 8.34. The molecule has 1 saturated heterocycles. The van der Waals surface area contributed by atoms with Crippen LogP contribution in [0, 0.1) is 19.8 Å². The second-order valence-corrected chi connectivity index (χ2v) is 7.72. The highest BCUT2D eigenvalue weighted by atomic mass is 32.1. The first-order valence-electron chi connectivity index (χ1n) is 8.62. The van der Waals surface area contributed by atoms with E-state index in [0.717, 1.165) is 50.4 Å². The van der Waals surface area contributed by atoms with Crippen LogP contribution in [0.3, 0.4) is 0 Å². The molecule has 0 unspecified atom stereocenters. The van der Waals surface area contributed by atoms with Gasteiger partial charge in [-0.3, -0.25) is 14.4 Å². The van der Waals surface area contributed by atoms with Crippen LogP contribution < -0.4 is 5.32 Å². The van der Waals surface area contributed by atoms with Crippen molar-refractivity contribution in [2.24, 2.45) is 5.92 Å². The van der Waals surface area contributed by atoms with Crippen LogP contribution in [0.15, 0.2) is 23.6 Å². The molecule has 0 bridgehead atoms. The third kappa shape index (κ3) is 4.68. The minimum atomic E-state index is 0.0576. The van der Waals surface area contributed by atoms with Gasteiger partial charge in [0, 0.05) is 23.7 Å². The van der Waals surface area contributed by atoms with E-state index in [-0.39, 0.29) is 5.91 Å². The molecule has 1 N–H and O–H groups in total. The van der Waals surface area contributed by atoms with E-state index in [1.54, 1.807) is 4.68 Å². The molecule has 0 atom stereocenters. The van der Waals surface area contributed by atoms with E-state index in [1.165, 1.54) is 4.88 Å². The molecule has 130 valence electrons. The number of carbonyl (C=O) groups excluding carboxylic acids is 1. The molecule has 0 radical (unpaired) electrons. The molecule has 0 aromatic carbocycles. The van der Waals surface area contributed by atoms with E-state index in [4.69, 9.17) is 0 Å². The van der Waals surface area contributed by atoms with Crippen molar-refractivity contribution in [2.75, 3.05) is 19.6 Å². The Morgan fingerprint density at radius 1 is 1.38 bits per heavy atom. The first kappa shape index (κ1) is 17.2. The molecule has 1 amide bonds. The van der Waals surface area contributed by atoms with Gasteiger partial charge in [0.05, 0.1) is 5.69 Å². The molecule has 0 spiro atoms. The van der Waals surface area contributed by atoms with Gasteiger partial charge in [-0.1, -0.05) is 6.07 Å². The van der Waals surface area contributed by atoms with Crippen LogP contribution in [0.25, 0.3) is 0 Å². The molecule has 24 heavy (non-hydrogen) atoms. The van der Waals surface area contributed by atoms with Crippen LogP contribution in [0.1, 0.15) is 29.1 Å². The van der Waals surface area contributed by atoms with Crippen LogP contribution in [-0.4, -0.2) is 40.2 Å². The average Bonchev–Trinajstić information content (AvgIpc) is 3.17. The van der Waals surface area contributed by atoms with Gasteiger partial charge in [-0.25, -0.2) is 0 Å². The van der Waals surface area contributed by atoms with Crippen molar-refractivity contribution >= 4 is 17.2 Å². The summed E-state index contributed by atoms with van der Waals surface area (Å²) in [4.78, 5) is 16.1. The topological polar surface area (TPSA) is 50.2 Å². The molecule has 1 fully saturated rings. The monoisotopic (exact) mass is 346 g/mol. The maximum Gasteiger partial charge on any atom is 0.241 e. The third-order valence-electron chi connectivity index (χ3n) is 4.65. The lowest BCUT2D eigenvalue weighted by molar-refractivity contribution is -0.122. The van der Waals surface area contributed by atoms with Gasteiger partial charge in [-0.2, -0.15) is 5.10 Å². The Hall–Kier alpha value is -1.66. The van der Waals surface area contributed by atoms with Crippen LogP contribution in [0.2, 0.25) is 0 Å². The summed E-state index contributed by atoms with van der Waals surface area (Å²) in [6, 6.07) is 6.32. The Labute approximate surface area is 147 Å². The third-order valence-corrected chi connectivity index (χ3v) is 5.51. The Kier molecular flexibility index (Phi) is 5.68. The number of aromatic nitrogens is 2. The quantitative estimate of drug-likeness (QED) is 0.875. The molecule has 5 nitrogen and oxygen atoms in total. The zero-order valence-electron chi connectivity index (χ0n) is 14.5. The molecule has 6 heteroatoms. The molecule has 1 aliphatic rings. The summed E-state index contributed by atoms with van der Waals surface area (Å²) in [5.41, 5.74) is 1.99. The minimum absolute atomic E-state index is 0.0576. The van der Waals surface area contributed by atoms with E-state index < -0.39 is 0 Å². The number of piperidine rings is 1. The fourth-order valence-corrected chi connectivity index (χ4v) is 4.00. The van der Waals surface area contributed by atoms with E-state index >= 15 is 0 Å². The Balaban J connectivity index is 1.37. The van der Waals surface area contributed by atoms with Crippen LogP contribution in [0.4, 0.5) is 0 Å². The number of amides is 1. The number of rotatable bonds is 6. The predicted octanol–water partition coefficient (Wildman–Crippen LogP) is 2.59. The van der Waals surface area contributed by atoms with Crippen molar-refractivity contribution in [1.82, 2.24) is 20.0 Å². The standard InChI is InChI=1S/C18H26N4OS/c1-14-10-15(2)22(20-14)13-18(23)19-11-16-5-7-21(8-6-16)12-17-4-3-9-24-17/h3-4,9-10,16H,5-8,11-13H2,1-2H3,(H,19,23). The normalized spacial score (nSPS) is 16.4. The Morgan fingerprint density at radius 2 is 2.17 bits per heavy atom. The number of nitrogens with zero attached hydrogens (tertiary/aromatic N) is 3. The highest BCUT2D eigenvalue weighted by molar-refractivity contribution is 7.09. The molecule has 1 aliphatic heterocycles. The van der Waals surface area contributed by atoms with Gasteiger partial charge in [-0.15, -0.1) is 11.3 Å². The van der Waals surface area contributed by atoms with Crippen LogP contribution >= 0.6 is 11.3 Å². The van der Waals surface area contributed by atoms with Crippen LogP contribution in [-0.2, 0) is 17.9 Å². The van der Waals surface area contributed by atoms with Crippen molar-refractivity contribution in [3.8, 4) is 0 Å². The van der Waals surface area contributed by atoms with Gasteiger partial charge < -0.3 is 5.32 Å². The highest BCUT2D eigenvalue weighted by Gasteiger charge is 2.20. The molecular weight excluding hydrogens is 320 g/mol. The number of likely N-dealkylation sites (tertiary alicyclic amines) is 1. The Morgan fingerprint density at radius 3 is 2.79 bits per heavy atom. The van der Waals surface area contributed by atoms with Crippen LogP contribution in [0.5, 0.6) is 0 Å². The molecule has 2 aromatic heterocycles. The lowest BCUT2D eigenvalue weighted by atomic mass is 9.97. The fourth-order valence-electron chi connectivity index (χ4n) is 3.26. The van der Waals surface area contributed by atoms with Gasteiger partial charge in [-0.05, 0) is 63.2 Å². The SMILES string of the molecule is Cc1cc(C)n(CC(=O)NCC2CCN(Cc3cccs3)CC2)n1. The zero-order valence-corrected chi connectivity index (χ0v) is 15.3. The molecule has 3 heterocycles. The average molecular weight is 347 g/mol. The van der Waals surface area contributed by atoms with Gasteiger partial charge in [0.1, 0.15) is 6.54 Å². The second kappa shape index (κ2) is 7.94. The van der Waals surface area contributed by atoms with Gasteiger partial charge in [0.2, 0.25) is 5.91 Å². The van der Waals surface area contributed by atoms with Crippen molar-refractivity contribution in [3.05, 3.63) is 39.8 Å². The fraction of sp³-hybridized carbons (Fsp3) is 0.556. The zero-order chi connectivity index (χ0) is 16.9. The van der Waals surface area contributed by atoms with E-state index in [2.05, 4.69) is 32.8 Å². The Bertz CT molecular complexity index is 657.